The van der Waals surface area contributed by atoms with Crippen LogP contribution in [0.25, 0.3) is 103 Å². The molecule has 4 aromatic heterocycles. The normalized spacial score (nSPS) is 12.1. The van der Waals surface area contributed by atoms with E-state index in [1.807, 2.05) is 24.3 Å². The van der Waals surface area contributed by atoms with E-state index >= 15 is 0 Å². The average Bonchev–Trinajstić information content (AvgIpc) is 3.84. The summed E-state index contributed by atoms with van der Waals surface area (Å²) in [5.41, 5.74) is 5.78. The van der Waals surface area contributed by atoms with Gasteiger partial charge in [0.15, 0.2) is 11.6 Å². The Morgan fingerprint density at radius 2 is 1.20 bits per heavy atom. The lowest BCUT2D eigenvalue weighted by Crippen LogP contribution is -2.06. The van der Waals surface area contributed by atoms with Gasteiger partial charge in [-0.3, -0.25) is 4.57 Å². The van der Waals surface area contributed by atoms with Crippen molar-refractivity contribution in [1.82, 2.24) is 19.5 Å². The Labute approximate surface area is 283 Å². The molecule has 0 unspecified atom stereocenters. The van der Waals surface area contributed by atoms with E-state index in [4.69, 9.17) is 19.4 Å². The number of hydrogen-bond acceptors (Lipinski definition) is 5. The number of aromatic nitrogens is 4. The quantitative estimate of drug-likeness (QED) is 0.192. The molecule has 0 fully saturated rings. The van der Waals surface area contributed by atoms with Crippen molar-refractivity contribution in [3.05, 3.63) is 146 Å². The average molecular weight is 645 g/mol. The zero-order chi connectivity index (χ0) is 32.1. The van der Waals surface area contributed by atoms with Crippen molar-refractivity contribution in [1.29, 1.82) is 0 Å². The number of benzene rings is 7. The molecule has 0 aliphatic rings. The van der Waals surface area contributed by atoms with Crippen LogP contribution in [0.15, 0.2) is 150 Å². The third-order valence-corrected chi connectivity index (χ3v) is 10.8. The number of para-hydroxylation sites is 2. The molecular weight excluding hydrogens is 621 g/mol. The molecule has 0 atom stereocenters. The van der Waals surface area contributed by atoms with E-state index in [0.717, 1.165) is 70.3 Å². The predicted molar refractivity (Wildman–Crippen MR) is 203 cm³/mol. The van der Waals surface area contributed by atoms with Crippen molar-refractivity contribution >= 4 is 86.0 Å². The number of rotatable bonds is 3. The van der Waals surface area contributed by atoms with Gasteiger partial charge in [-0.25, -0.2) is 4.98 Å². The van der Waals surface area contributed by atoms with Gasteiger partial charge in [-0.2, -0.15) is 9.97 Å². The Bertz CT molecular complexity index is 3120. The highest BCUT2D eigenvalue weighted by Gasteiger charge is 2.26. The maximum atomic E-state index is 6.75. The Kier molecular flexibility index (Phi) is 5.48. The Hall–Kier alpha value is -6.37. The van der Waals surface area contributed by atoms with Crippen molar-refractivity contribution < 1.29 is 4.42 Å². The molecule has 0 spiro atoms. The minimum atomic E-state index is 0.578. The molecule has 0 aliphatic carbocycles. The molecule has 0 saturated carbocycles. The molecule has 7 aromatic carbocycles. The fourth-order valence-electron chi connectivity index (χ4n) is 7.46. The highest BCUT2D eigenvalue weighted by Crippen LogP contribution is 2.50. The molecule has 5 nitrogen and oxygen atoms in total. The van der Waals surface area contributed by atoms with Crippen LogP contribution in [0.1, 0.15) is 0 Å². The van der Waals surface area contributed by atoms with Crippen LogP contribution in [-0.2, 0) is 0 Å². The third-order valence-electron chi connectivity index (χ3n) is 9.62. The number of nitrogens with zero attached hydrogens (tertiary/aromatic N) is 4. The second kappa shape index (κ2) is 10.1. The molecule has 228 valence electrons. The molecular formula is C43H24N4OS. The van der Waals surface area contributed by atoms with Gasteiger partial charge in [-0.15, -0.1) is 11.3 Å². The maximum absolute atomic E-state index is 6.75. The first kappa shape index (κ1) is 26.7. The molecule has 0 radical (unpaired) electrons. The summed E-state index contributed by atoms with van der Waals surface area (Å²) in [7, 11) is 0. The minimum Gasteiger partial charge on any atom is -0.455 e. The number of thiophene rings is 1. The van der Waals surface area contributed by atoms with Crippen LogP contribution in [0.4, 0.5) is 0 Å². The summed E-state index contributed by atoms with van der Waals surface area (Å²) in [5, 5.41) is 9.10. The molecule has 0 amide bonds. The topological polar surface area (TPSA) is 56.7 Å². The minimum absolute atomic E-state index is 0.578. The zero-order valence-electron chi connectivity index (χ0n) is 26.0. The highest BCUT2D eigenvalue weighted by molar-refractivity contribution is 7.27. The Morgan fingerprint density at radius 3 is 2.08 bits per heavy atom. The van der Waals surface area contributed by atoms with E-state index in [2.05, 4.69) is 126 Å². The van der Waals surface area contributed by atoms with Crippen molar-refractivity contribution in [2.75, 3.05) is 0 Å². The number of furan rings is 1. The van der Waals surface area contributed by atoms with E-state index in [1.54, 1.807) is 11.3 Å². The van der Waals surface area contributed by atoms with Crippen molar-refractivity contribution in [3.63, 3.8) is 0 Å². The van der Waals surface area contributed by atoms with Crippen LogP contribution >= 0.6 is 11.3 Å². The van der Waals surface area contributed by atoms with Gasteiger partial charge in [-0.1, -0.05) is 121 Å². The van der Waals surface area contributed by atoms with Crippen LogP contribution < -0.4 is 0 Å². The summed E-state index contributed by atoms with van der Waals surface area (Å²) in [6.45, 7) is 0. The fourth-order valence-corrected chi connectivity index (χ4v) is 8.70. The van der Waals surface area contributed by atoms with E-state index in [0.29, 0.717) is 17.6 Å². The van der Waals surface area contributed by atoms with Crippen LogP contribution in [0.3, 0.4) is 0 Å². The summed E-state index contributed by atoms with van der Waals surface area (Å²) in [5.74, 6) is 1.83. The van der Waals surface area contributed by atoms with Gasteiger partial charge in [0, 0.05) is 48.1 Å². The lowest BCUT2D eigenvalue weighted by molar-refractivity contribution is 0.673. The first-order valence-corrected chi connectivity index (χ1v) is 17.1. The van der Waals surface area contributed by atoms with Crippen LogP contribution in [0, 0.1) is 0 Å². The molecule has 0 bridgehead atoms. The van der Waals surface area contributed by atoms with Gasteiger partial charge in [0.05, 0.1) is 15.7 Å². The van der Waals surface area contributed by atoms with Crippen molar-refractivity contribution in [2.24, 2.45) is 0 Å². The molecule has 11 aromatic rings. The zero-order valence-corrected chi connectivity index (χ0v) is 26.8. The van der Waals surface area contributed by atoms with Crippen LogP contribution in [-0.4, -0.2) is 19.5 Å². The maximum Gasteiger partial charge on any atom is 0.238 e. The molecule has 0 aliphatic heterocycles. The van der Waals surface area contributed by atoms with Crippen molar-refractivity contribution in [2.45, 2.75) is 0 Å². The lowest BCUT2D eigenvalue weighted by atomic mass is 10.0. The molecule has 6 heteroatoms. The summed E-state index contributed by atoms with van der Waals surface area (Å²) in [4.78, 5) is 15.6. The van der Waals surface area contributed by atoms with Gasteiger partial charge in [0.1, 0.15) is 11.2 Å². The van der Waals surface area contributed by atoms with Gasteiger partial charge in [-0.05, 0) is 35.0 Å². The Balaban J connectivity index is 1.34. The monoisotopic (exact) mass is 644 g/mol. The second-order valence-corrected chi connectivity index (χ2v) is 13.4. The predicted octanol–water partition coefficient (Wildman–Crippen LogP) is 11.7. The molecule has 4 heterocycles. The Morgan fingerprint density at radius 1 is 0.510 bits per heavy atom. The lowest BCUT2D eigenvalue weighted by Gasteiger charge is -2.12. The summed E-state index contributed by atoms with van der Waals surface area (Å²) in [6, 6.07) is 50.5. The van der Waals surface area contributed by atoms with E-state index in [-0.39, 0.29) is 0 Å². The highest BCUT2D eigenvalue weighted by atomic mass is 32.1. The molecule has 11 rings (SSSR count). The fraction of sp³-hybridized carbons (Fsp3) is 0. The number of fused-ring (bicyclic) bond motifs is 13. The summed E-state index contributed by atoms with van der Waals surface area (Å²) < 4.78 is 11.4. The molecule has 0 N–H and O–H groups in total. The van der Waals surface area contributed by atoms with Crippen LogP contribution in [0.5, 0.6) is 0 Å². The smallest absolute Gasteiger partial charge is 0.238 e. The van der Waals surface area contributed by atoms with Gasteiger partial charge < -0.3 is 4.42 Å². The summed E-state index contributed by atoms with van der Waals surface area (Å²) in [6.07, 6.45) is 0. The van der Waals surface area contributed by atoms with E-state index in [9.17, 15) is 0 Å². The second-order valence-electron chi connectivity index (χ2n) is 12.4. The first-order valence-electron chi connectivity index (χ1n) is 16.3. The molecule has 49 heavy (non-hydrogen) atoms. The van der Waals surface area contributed by atoms with E-state index < -0.39 is 0 Å². The van der Waals surface area contributed by atoms with Gasteiger partial charge in [0.25, 0.3) is 0 Å². The van der Waals surface area contributed by atoms with Gasteiger partial charge in [0.2, 0.25) is 5.95 Å². The third kappa shape index (κ3) is 3.83. The summed E-state index contributed by atoms with van der Waals surface area (Å²) >= 11 is 1.79. The van der Waals surface area contributed by atoms with Crippen LogP contribution in [0.2, 0.25) is 0 Å². The molecule has 0 saturated heterocycles. The SMILES string of the molecule is c1ccc(-c2nc(-c3ccc4ccccc4c3)nc(-n3c4ccccc4c4c5c6ccccc6oc5c5c6ccccc6sc5c43)n2)cc1. The van der Waals surface area contributed by atoms with Gasteiger partial charge >= 0.3 is 0 Å². The van der Waals surface area contributed by atoms with Crippen molar-refractivity contribution in [3.8, 4) is 28.7 Å². The largest absolute Gasteiger partial charge is 0.455 e. The van der Waals surface area contributed by atoms with E-state index in [1.165, 1.54) is 15.5 Å². The number of hydrogen-bond donors (Lipinski definition) is 0. The standard InChI is InChI=1S/C43H24N4OS/c1-2-13-26(14-3-1)41-44-42(28-23-22-25-12-4-5-15-27(25)24-28)46-43(45-41)47-32-19-9-6-16-29(32)35-36-30-17-7-10-20-33(30)48-39(36)37-31-18-8-11-21-34(31)49-40(37)38(35)47/h1-24H. The first-order chi connectivity index (χ1) is 24.3.